The standard InChI is InChI=1S/C11H18ClN3O/c1-2-3-4-5-6-7-16-11-9(13)10(12)14-8-15-11/h8H,2-7,13H2,1H3. The van der Waals surface area contributed by atoms with Gasteiger partial charge in [-0.25, -0.2) is 4.98 Å². The number of ether oxygens (including phenoxy) is 1. The third-order valence-corrected chi connectivity index (χ3v) is 2.59. The average Bonchev–Trinajstić information content (AvgIpc) is 2.29. The first-order valence-corrected chi connectivity index (χ1v) is 6.02. The van der Waals surface area contributed by atoms with E-state index >= 15 is 0 Å². The SMILES string of the molecule is CCCCCCCOc1ncnc(Cl)c1N. The zero-order chi connectivity index (χ0) is 11.8. The van der Waals surface area contributed by atoms with Crippen LogP contribution in [0, 0.1) is 0 Å². The molecule has 5 heteroatoms. The van der Waals surface area contributed by atoms with E-state index in [4.69, 9.17) is 22.1 Å². The number of unbranched alkanes of at least 4 members (excludes halogenated alkanes) is 4. The van der Waals surface area contributed by atoms with Gasteiger partial charge in [0, 0.05) is 0 Å². The Morgan fingerprint density at radius 3 is 2.75 bits per heavy atom. The molecule has 0 saturated carbocycles. The fourth-order valence-electron chi connectivity index (χ4n) is 1.35. The number of hydrogen-bond donors (Lipinski definition) is 1. The van der Waals surface area contributed by atoms with Crippen molar-refractivity contribution in [1.29, 1.82) is 0 Å². The molecule has 0 bridgehead atoms. The first-order chi connectivity index (χ1) is 7.75. The highest BCUT2D eigenvalue weighted by molar-refractivity contribution is 6.32. The van der Waals surface area contributed by atoms with Crippen LogP contribution in [0.3, 0.4) is 0 Å². The molecule has 0 unspecified atom stereocenters. The molecule has 16 heavy (non-hydrogen) atoms. The smallest absolute Gasteiger partial charge is 0.241 e. The Balaban J connectivity index is 2.24. The maximum atomic E-state index is 5.74. The van der Waals surface area contributed by atoms with Crippen LogP contribution < -0.4 is 10.5 Å². The van der Waals surface area contributed by atoms with Crippen LogP contribution in [-0.4, -0.2) is 16.6 Å². The van der Waals surface area contributed by atoms with Gasteiger partial charge in [-0.2, -0.15) is 4.98 Å². The number of nitrogens with zero attached hydrogens (tertiary/aromatic N) is 2. The van der Waals surface area contributed by atoms with Gasteiger partial charge >= 0.3 is 0 Å². The van der Waals surface area contributed by atoms with E-state index < -0.39 is 0 Å². The summed E-state index contributed by atoms with van der Waals surface area (Å²) >= 11 is 5.74. The largest absolute Gasteiger partial charge is 0.476 e. The second kappa shape index (κ2) is 7.28. The van der Waals surface area contributed by atoms with Crippen LogP contribution in [0.1, 0.15) is 39.0 Å². The van der Waals surface area contributed by atoms with Gasteiger partial charge in [-0.05, 0) is 6.42 Å². The Morgan fingerprint density at radius 1 is 1.25 bits per heavy atom. The summed E-state index contributed by atoms with van der Waals surface area (Å²) in [5.74, 6) is 0.385. The van der Waals surface area contributed by atoms with E-state index in [9.17, 15) is 0 Å². The second-order valence-electron chi connectivity index (χ2n) is 3.65. The molecule has 0 aliphatic rings. The van der Waals surface area contributed by atoms with Gasteiger partial charge in [0.05, 0.1) is 6.61 Å². The summed E-state index contributed by atoms with van der Waals surface area (Å²) in [5, 5.41) is 0.246. The van der Waals surface area contributed by atoms with E-state index in [2.05, 4.69) is 16.9 Å². The zero-order valence-electron chi connectivity index (χ0n) is 9.58. The van der Waals surface area contributed by atoms with Crippen molar-refractivity contribution in [2.24, 2.45) is 0 Å². The van der Waals surface area contributed by atoms with Gasteiger partial charge in [0.15, 0.2) is 5.15 Å². The molecule has 1 aromatic rings. The highest BCUT2D eigenvalue weighted by atomic mass is 35.5. The normalized spacial score (nSPS) is 10.4. The number of aromatic nitrogens is 2. The maximum Gasteiger partial charge on any atom is 0.241 e. The molecule has 0 spiro atoms. The lowest BCUT2D eigenvalue weighted by atomic mass is 10.2. The molecular weight excluding hydrogens is 226 g/mol. The molecule has 0 fully saturated rings. The van der Waals surface area contributed by atoms with Gasteiger partial charge in [-0.15, -0.1) is 0 Å². The molecule has 0 atom stereocenters. The van der Waals surface area contributed by atoms with Gasteiger partial charge in [-0.1, -0.05) is 44.2 Å². The van der Waals surface area contributed by atoms with E-state index in [1.165, 1.54) is 32.0 Å². The molecule has 4 nitrogen and oxygen atoms in total. The van der Waals surface area contributed by atoms with Crippen LogP contribution in [0.4, 0.5) is 5.69 Å². The van der Waals surface area contributed by atoms with Gasteiger partial charge in [0.2, 0.25) is 5.88 Å². The Morgan fingerprint density at radius 2 is 2.00 bits per heavy atom. The molecule has 1 heterocycles. The van der Waals surface area contributed by atoms with Crippen molar-refractivity contribution in [2.75, 3.05) is 12.3 Å². The molecule has 0 radical (unpaired) electrons. The van der Waals surface area contributed by atoms with E-state index in [0.29, 0.717) is 18.2 Å². The molecule has 2 N–H and O–H groups in total. The quantitative estimate of drug-likeness (QED) is 0.591. The van der Waals surface area contributed by atoms with Crippen LogP contribution in [0.2, 0.25) is 5.15 Å². The molecule has 1 aromatic heterocycles. The van der Waals surface area contributed by atoms with Crippen molar-refractivity contribution >= 4 is 17.3 Å². The zero-order valence-corrected chi connectivity index (χ0v) is 10.3. The fourth-order valence-corrected chi connectivity index (χ4v) is 1.47. The molecule has 0 aliphatic heterocycles. The van der Waals surface area contributed by atoms with Crippen LogP contribution in [0.5, 0.6) is 5.88 Å². The molecule has 0 aliphatic carbocycles. The minimum absolute atomic E-state index is 0.246. The third kappa shape index (κ3) is 4.23. The molecule has 0 saturated heterocycles. The Bertz CT molecular complexity index is 320. The van der Waals surface area contributed by atoms with Gasteiger partial charge < -0.3 is 10.5 Å². The van der Waals surface area contributed by atoms with Gasteiger partial charge in [0.25, 0.3) is 0 Å². The Hall–Kier alpha value is -1.03. The van der Waals surface area contributed by atoms with Crippen LogP contribution in [0.25, 0.3) is 0 Å². The molecule has 1 rings (SSSR count). The molecule has 90 valence electrons. The van der Waals surface area contributed by atoms with Crippen LogP contribution in [-0.2, 0) is 0 Å². The fraction of sp³-hybridized carbons (Fsp3) is 0.636. The Kier molecular flexibility index (Phi) is 5.93. The minimum Gasteiger partial charge on any atom is -0.476 e. The van der Waals surface area contributed by atoms with Crippen molar-refractivity contribution in [2.45, 2.75) is 39.0 Å². The topological polar surface area (TPSA) is 61.0 Å². The van der Waals surface area contributed by atoms with E-state index in [1.54, 1.807) is 0 Å². The number of rotatable bonds is 7. The van der Waals surface area contributed by atoms with E-state index in [0.717, 1.165) is 6.42 Å². The second-order valence-corrected chi connectivity index (χ2v) is 4.00. The van der Waals surface area contributed by atoms with Crippen molar-refractivity contribution in [1.82, 2.24) is 9.97 Å². The van der Waals surface area contributed by atoms with Gasteiger partial charge in [-0.3, -0.25) is 0 Å². The van der Waals surface area contributed by atoms with Crippen molar-refractivity contribution in [3.8, 4) is 5.88 Å². The van der Waals surface area contributed by atoms with Crippen LogP contribution in [0.15, 0.2) is 6.33 Å². The first-order valence-electron chi connectivity index (χ1n) is 5.64. The molecular formula is C11H18ClN3O. The molecule has 0 aromatic carbocycles. The third-order valence-electron chi connectivity index (χ3n) is 2.29. The lowest BCUT2D eigenvalue weighted by Crippen LogP contribution is -2.03. The number of anilines is 1. The summed E-state index contributed by atoms with van der Waals surface area (Å²) in [6, 6.07) is 0. The predicted octanol–water partition coefficient (Wildman–Crippen LogP) is 3.06. The van der Waals surface area contributed by atoms with E-state index in [-0.39, 0.29) is 5.15 Å². The summed E-state index contributed by atoms with van der Waals surface area (Å²) < 4.78 is 5.44. The summed E-state index contributed by atoms with van der Waals surface area (Å²) in [7, 11) is 0. The minimum atomic E-state index is 0.246. The highest BCUT2D eigenvalue weighted by Gasteiger charge is 2.06. The predicted molar refractivity (Wildman–Crippen MR) is 65.7 cm³/mol. The van der Waals surface area contributed by atoms with Crippen molar-refractivity contribution in [3.05, 3.63) is 11.5 Å². The highest BCUT2D eigenvalue weighted by Crippen LogP contribution is 2.24. The van der Waals surface area contributed by atoms with E-state index in [1.807, 2.05) is 0 Å². The summed E-state index contributed by atoms with van der Waals surface area (Å²) in [4.78, 5) is 7.69. The summed E-state index contributed by atoms with van der Waals surface area (Å²) in [6.45, 7) is 2.82. The lowest BCUT2D eigenvalue weighted by molar-refractivity contribution is 0.294. The summed E-state index contributed by atoms with van der Waals surface area (Å²) in [6.07, 6.45) is 7.31. The summed E-state index contributed by atoms with van der Waals surface area (Å²) in [5.41, 5.74) is 5.98. The first kappa shape index (κ1) is 13.0. The lowest BCUT2D eigenvalue weighted by Gasteiger charge is -2.07. The number of halogens is 1. The number of nitrogens with two attached hydrogens (primary N) is 1. The molecule has 0 amide bonds. The van der Waals surface area contributed by atoms with Crippen molar-refractivity contribution in [3.63, 3.8) is 0 Å². The van der Waals surface area contributed by atoms with Crippen LogP contribution >= 0.6 is 11.6 Å². The monoisotopic (exact) mass is 243 g/mol. The maximum absolute atomic E-state index is 5.74. The van der Waals surface area contributed by atoms with Crippen molar-refractivity contribution < 1.29 is 4.74 Å². The van der Waals surface area contributed by atoms with Gasteiger partial charge in [0.1, 0.15) is 12.0 Å². The number of nitrogen functional groups attached to an aromatic ring is 1. The Labute approximate surface area is 101 Å². The average molecular weight is 244 g/mol. The number of hydrogen-bond acceptors (Lipinski definition) is 4.